The van der Waals surface area contributed by atoms with E-state index in [2.05, 4.69) is 10.3 Å². The number of benzene rings is 3. The number of hydrogen-bond donors (Lipinski definition) is 1. The standard InChI is InChI=1S/C26H21N3O6/c1-16(25(30)28-23-14-18(29(32)33)12-13-24(23)34-2)35-26(31)20-15-22(17-8-4-3-5-9-17)27-21-11-7-6-10-19(20)21/h3-16H,1-2H3,(H,28,30). The van der Waals surface area contributed by atoms with E-state index in [1.165, 1.54) is 32.2 Å². The van der Waals surface area contributed by atoms with Gasteiger partial charge in [0.05, 0.1) is 34.5 Å². The number of ether oxygens (including phenoxy) is 2. The second kappa shape index (κ2) is 10.0. The zero-order chi connectivity index (χ0) is 24.9. The molecule has 1 heterocycles. The molecule has 0 fully saturated rings. The van der Waals surface area contributed by atoms with Gasteiger partial charge in [-0.15, -0.1) is 0 Å². The molecule has 1 amide bonds. The van der Waals surface area contributed by atoms with Crippen LogP contribution in [0.3, 0.4) is 0 Å². The first-order valence-electron chi connectivity index (χ1n) is 10.7. The Kier molecular flexibility index (Phi) is 6.68. The van der Waals surface area contributed by atoms with E-state index in [1.54, 1.807) is 24.3 Å². The van der Waals surface area contributed by atoms with Crippen molar-refractivity contribution in [3.05, 3.63) is 94.5 Å². The molecule has 0 aliphatic carbocycles. The van der Waals surface area contributed by atoms with Crippen molar-refractivity contribution in [2.24, 2.45) is 0 Å². The number of anilines is 1. The number of amides is 1. The molecule has 1 aromatic heterocycles. The predicted molar refractivity (Wildman–Crippen MR) is 130 cm³/mol. The van der Waals surface area contributed by atoms with Crippen LogP contribution in [0.5, 0.6) is 5.75 Å². The number of nitro benzene ring substituents is 1. The van der Waals surface area contributed by atoms with Crippen LogP contribution in [0, 0.1) is 10.1 Å². The minimum absolute atomic E-state index is 0.0929. The van der Waals surface area contributed by atoms with Crippen LogP contribution in [0.15, 0.2) is 78.9 Å². The Morgan fingerprint density at radius 3 is 2.43 bits per heavy atom. The van der Waals surface area contributed by atoms with E-state index in [0.29, 0.717) is 16.6 Å². The lowest BCUT2D eigenvalue weighted by Crippen LogP contribution is -2.30. The van der Waals surface area contributed by atoms with Crippen molar-refractivity contribution in [2.75, 3.05) is 12.4 Å². The molecule has 3 aromatic carbocycles. The van der Waals surface area contributed by atoms with E-state index < -0.39 is 22.9 Å². The summed E-state index contributed by atoms with van der Waals surface area (Å²) in [5, 5.41) is 14.2. The van der Waals surface area contributed by atoms with Gasteiger partial charge in [-0.25, -0.2) is 9.78 Å². The first-order valence-corrected chi connectivity index (χ1v) is 10.7. The van der Waals surface area contributed by atoms with Crippen LogP contribution in [0.25, 0.3) is 22.2 Å². The van der Waals surface area contributed by atoms with Crippen LogP contribution >= 0.6 is 0 Å². The SMILES string of the molecule is COc1ccc([N+](=O)[O-])cc1NC(=O)C(C)OC(=O)c1cc(-c2ccccc2)nc2ccccc12. The Labute approximate surface area is 200 Å². The third-order valence-corrected chi connectivity index (χ3v) is 5.31. The predicted octanol–water partition coefficient (Wildman–Crippen LogP) is 5.00. The number of methoxy groups -OCH3 is 1. The fourth-order valence-electron chi connectivity index (χ4n) is 3.52. The first kappa shape index (κ1) is 23.4. The molecule has 0 bridgehead atoms. The minimum Gasteiger partial charge on any atom is -0.495 e. The third-order valence-electron chi connectivity index (χ3n) is 5.31. The number of aromatic nitrogens is 1. The number of carbonyl (C=O) groups is 2. The topological polar surface area (TPSA) is 121 Å². The Bertz CT molecular complexity index is 1420. The van der Waals surface area contributed by atoms with Crippen LogP contribution in [0.1, 0.15) is 17.3 Å². The molecule has 1 atom stereocenters. The number of rotatable bonds is 7. The van der Waals surface area contributed by atoms with Crippen molar-refractivity contribution < 1.29 is 24.0 Å². The van der Waals surface area contributed by atoms with Gasteiger partial charge in [0.2, 0.25) is 0 Å². The van der Waals surface area contributed by atoms with Gasteiger partial charge in [0, 0.05) is 23.1 Å². The summed E-state index contributed by atoms with van der Waals surface area (Å²) in [6.45, 7) is 1.42. The normalized spacial score (nSPS) is 11.5. The maximum atomic E-state index is 13.1. The molecule has 4 rings (SSSR count). The number of fused-ring (bicyclic) bond motifs is 1. The molecular formula is C26H21N3O6. The Hall–Kier alpha value is -4.79. The number of hydrogen-bond acceptors (Lipinski definition) is 7. The number of para-hydroxylation sites is 1. The number of pyridine rings is 1. The number of nitrogens with one attached hydrogen (secondary N) is 1. The van der Waals surface area contributed by atoms with Gasteiger partial charge in [-0.05, 0) is 25.1 Å². The molecule has 0 radical (unpaired) electrons. The second-order valence-electron chi connectivity index (χ2n) is 7.62. The Morgan fingerprint density at radius 1 is 1.00 bits per heavy atom. The first-order chi connectivity index (χ1) is 16.9. The highest BCUT2D eigenvalue weighted by Crippen LogP contribution is 2.29. The molecule has 0 aliphatic rings. The molecule has 9 nitrogen and oxygen atoms in total. The average molecular weight is 471 g/mol. The number of carbonyl (C=O) groups excluding carboxylic acids is 2. The van der Waals surface area contributed by atoms with Gasteiger partial charge in [-0.1, -0.05) is 48.5 Å². The second-order valence-corrected chi connectivity index (χ2v) is 7.62. The number of esters is 1. The van der Waals surface area contributed by atoms with E-state index in [4.69, 9.17) is 9.47 Å². The molecule has 9 heteroatoms. The lowest BCUT2D eigenvalue weighted by molar-refractivity contribution is -0.384. The van der Waals surface area contributed by atoms with Gasteiger partial charge in [-0.2, -0.15) is 0 Å². The lowest BCUT2D eigenvalue weighted by Gasteiger charge is -2.16. The molecule has 0 spiro atoms. The number of non-ortho nitro benzene ring substituents is 1. The monoisotopic (exact) mass is 471 g/mol. The minimum atomic E-state index is -1.20. The third kappa shape index (κ3) is 5.09. The van der Waals surface area contributed by atoms with Crippen molar-refractivity contribution in [2.45, 2.75) is 13.0 Å². The highest BCUT2D eigenvalue weighted by molar-refractivity contribution is 6.06. The summed E-state index contributed by atoms with van der Waals surface area (Å²) in [6, 6.07) is 22.0. The maximum Gasteiger partial charge on any atom is 0.339 e. The quantitative estimate of drug-likeness (QED) is 0.229. The van der Waals surface area contributed by atoms with Crippen molar-refractivity contribution in [3.63, 3.8) is 0 Å². The summed E-state index contributed by atoms with van der Waals surface area (Å²) in [7, 11) is 1.37. The Morgan fingerprint density at radius 2 is 1.71 bits per heavy atom. The molecule has 0 saturated heterocycles. The van der Waals surface area contributed by atoms with Crippen LogP contribution < -0.4 is 10.1 Å². The number of nitrogens with zero attached hydrogens (tertiary/aromatic N) is 2. The van der Waals surface area contributed by atoms with Gasteiger partial charge in [-0.3, -0.25) is 14.9 Å². The van der Waals surface area contributed by atoms with E-state index in [9.17, 15) is 19.7 Å². The molecule has 176 valence electrons. The van der Waals surface area contributed by atoms with Gasteiger partial charge < -0.3 is 14.8 Å². The molecule has 1 N–H and O–H groups in total. The van der Waals surface area contributed by atoms with E-state index in [0.717, 1.165) is 5.56 Å². The summed E-state index contributed by atoms with van der Waals surface area (Å²) in [5.41, 5.74) is 2.17. The van der Waals surface area contributed by atoms with E-state index in [1.807, 2.05) is 36.4 Å². The fraction of sp³-hybridized carbons (Fsp3) is 0.115. The highest BCUT2D eigenvalue weighted by atomic mass is 16.6. The lowest BCUT2D eigenvalue weighted by atomic mass is 10.0. The molecular weight excluding hydrogens is 450 g/mol. The van der Waals surface area contributed by atoms with Gasteiger partial charge in [0.15, 0.2) is 6.10 Å². The van der Waals surface area contributed by atoms with Crippen molar-refractivity contribution >= 4 is 34.2 Å². The van der Waals surface area contributed by atoms with Crippen LogP contribution in [0.2, 0.25) is 0 Å². The summed E-state index contributed by atoms with van der Waals surface area (Å²) in [5.74, 6) is -1.14. The highest BCUT2D eigenvalue weighted by Gasteiger charge is 2.23. The molecule has 4 aromatic rings. The molecule has 0 saturated carbocycles. The van der Waals surface area contributed by atoms with Gasteiger partial charge in [0.1, 0.15) is 5.75 Å². The number of nitro groups is 1. The molecule has 0 aliphatic heterocycles. The van der Waals surface area contributed by atoms with Crippen molar-refractivity contribution in [3.8, 4) is 17.0 Å². The van der Waals surface area contributed by atoms with Gasteiger partial charge >= 0.3 is 5.97 Å². The van der Waals surface area contributed by atoms with Crippen LogP contribution in [0.4, 0.5) is 11.4 Å². The summed E-state index contributed by atoms with van der Waals surface area (Å²) < 4.78 is 10.6. The zero-order valence-electron chi connectivity index (χ0n) is 18.9. The zero-order valence-corrected chi connectivity index (χ0v) is 18.9. The summed E-state index contributed by atoms with van der Waals surface area (Å²) in [6.07, 6.45) is -1.20. The summed E-state index contributed by atoms with van der Waals surface area (Å²) in [4.78, 5) is 41.0. The summed E-state index contributed by atoms with van der Waals surface area (Å²) >= 11 is 0. The molecule has 35 heavy (non-hydrogen) atoms. The molecule has 1 unspecified atom stereocenters. The average Bonchev–Trinajstić information content (AvgIpc) is 2.88. The Balaban J connectivity index is 1.59. The largest absolute Gasteiger partial charge is 0.495 e. The fourth-order valence-corrected chi connectivity index (χ4v) is 3.52. The van der Waals surface area contributed by atoms with Crippen LogP contribution in [-0.4, -0.2) is 35.0 Å². The van der Waals surface area contributed by atoms with Crippen molar-refractivity contribution in [1.82, 2.24) is 4.98 Å². The van der Waals surface area contributed by atoms with Crippen LogP contribution in [-0.2, 0) is 9.53 Å². The van der Waals surface area contributed by atoms with E-state index in [-0.39, 0.29) is 22.7 Å². The van der Waals surface area contributed by atoms with Crippen molar-refractivity contribution in [1.29, 1.82) is 0 Å². The van der Waals surface area contributed by atoms with Gasteiger partial charge in [0.25, 0.3) is 11.6 Å². The van der Waals surface area contributed by atoms with E-state index >= 15 is 0 Å². The smallest absolute Gasteiger partial charge is 0.339 e. The maximum absolute atomic E-state index is 13.1.